The Kier molecular flexibility index (Phi) is 4.10. The molecular weight excluding hydrogens is 224 g/mol. The van der Waals surface area contributed by atoms with Crippen LogP contribution in [0, 0.1) is 13.8 Å². The van der Waals surface area contributed by atoms with Gasteiger partial charge in [0.25, 0.3) is 0 Å². The highest BCUT2D eigenvalue weighted by atomic mass is 15.4. The fourth-order valence-electron chi connectivity index (χ4n) is 2.13. The molecule has 18 heavy (non-hydrogen) atoms. The molecule has 4 heteroatoms. The number of hydrogen-bond acceptors (Lipinski definition) is 3. The molecule has 0 aliphatic carbocycles. The topological polar surface area (TPSA) is 42.7 Å². The summed E-state index contributed by atoms with van der Waals surface area (Å²) >= 11 is 0. The Balaban J connectivity index is 1.89. The fourth-order valence-corrected chi connectivity index (χ4v) is 2.13. The first-order chi connectivity index (χ1) is 8.65. The Labute approximate surface area is 108 Å². The van der Waals surface area contributed by atoms with Crippen LogP contribution in [0.5, 0.6) is 0 Å². The van der Waals surface area contributed by atoms with E-state index in [0.717, 1.165) is 13.1 Å². The van der Waals surface area contributed by atoms with Gasteiger partial charge in [-0.2, -0.15) is 0 Å². The minimum Gasteiger partial charge on any atom is -0.308 e. The first kappa shape index (κ1) is 12.8. The molecular formula is C14H20N4. The summed E-state index contributed by atoms with van der Waals surface area (Å²) in [5.74, 6) is 0. The second-order valence-electron chi connectivity index (χ2n) is 4.76. The Morgan fingerprint density at radius 2 is 1.94 bits per heavy atom. The van der Waals surface area contributed by atoms with E-state index >= 15 is 0 Å². The monoisotopic (exact) mass is 244 g/mol. The van der Waals surface area contributed by atoms with Crippen molar-refractivity contribution in [2.45, 2.75) is 33.4 Å². The Morgan fingerprint density at radius 1 is 1.22 bits per heavy atom. The van der Waals surface area contributed by atoms with E-state index in [4.69, 9.17) is 0 Å². The Morgan fingerprint density at radius 3 is 2.56 bits per heavy atom. The van der Waals surface area contributed by atoms with Gasteiger partial charge in [-0.15, -0.1) is 5.10 Å². The summed E-state index contributed by atoms with van der Waals surface area (Å²) in [6, 6.07) is 7.03. The van der Waals surface area contributed by atoms with Gasteiger partial charge in [0.05, 0.1) is 12.7 Å². The smallest absolute Gasteiger partial charge is 0.0692 e. The summed E-state index contributed by atoms with van der Waals surface area (Å²) in [5.41, 5.74) is 3.97. The lowest BCUT2D eigenvalue weighted by Crippen LogP contribution is -2.23. The zero-order valence-corrected chi connectivity index (χ0v) is 11.2. The van der Waals surface area contributed by atoms with E-state index in [9.17, 15) is 0 Å². The highest BCUT2D eigenvalue weighted by molar-refractivity contribution is 5.30. The quantitative estimate of drug-likeness (QED) is 0.877. The fraction of sp³-hybridized carbons (Fsp3) is 0.429. The SMILES string of the molecule is Cc1cc(C)cc(C(C)NCCn2ccnn2)c1. The molecule has 1 aromatic heterocycles. The summed E-state index contributed by atoms with van der Waals surface area (Å²) in [7, 11) is 0. The van der Waals surface area contributed by atoms with Gasteiger partial charge in [0.2, 0.25) is 0 Å². The average Bonchev–Trinajstić information content (AvgIpc) is 2.80. The molecule has 1 N–H and O–H groups in total. The lowest BCUT2D eigenvalue weighted by Gasteiger charge is -2.15. The van der Waals surface area contributed by atoms with Crippen LogP contribution >= 0.6 is 0 Å². The van der Waals surface area contributed by atoms with Crippen molar-refractivity contribution in [3.63, 3.8) is 0 Å². The number of hydrogen-bond donors (Lipinski definition) is 1. The van der Waals surface area contributed by atoms with Crippen LogP contribution < -0.4 is 5.32 Å². The number of rotatable bonds is 5. The normalized spacial score (nSPS) is 12.6. The van der Waals surface area contributed by atoms with E-state index in [0.29, 0.717) is 6.04 Å². The highest BCUT2D eigenvalue weighted by Gasteiger charge is 2.05. The summed E-state index contributed by atoms with van der Waals surface area (Å²) in [6.45, 7) is 8.19. The van der Waals surface area contributed by atoms with Crippen LogP contribution in [-0.4, -0.2) is 21.5 Å². The van der Waals surface area contributed by atoms with E-state index in [1.165, 1.54) is 16.7 Å². The zero-order valence-electron chi connectivity index (χ0n) is 11.2. The molecule has 96 valence electrons. The van der Waals surface area contributed by atoms with Crippen molar-refractivity contribution in [2.24, 2.45) is 0 Å². The molecule has 0 saturated carbocycles. The molecule has 0 aliphatic rings. The average molecular weight is 244 g/mol. The molecule has 0 aliphatic heterocycles. The third kappa shape index (κ3) is 3.40. The predicted molar refractivity (Wildman–Crippen MR) is 72.4 cm³/mol. The van der Waals surface area contributed by atoms with Crippen LogP contribution in [0.25, 0.3) is 0 Å². The standard InChI is InChI=1S/C14H20N4/c1-11-8-12(2)10-14(9-11)13(3)15-4-6-18-7-5-16-17-18/h5,7-10,13,15H,4,6H2,1-3H3. The lowest BCUT2D eigenvalue weighted by atomic mass is 10.0. The predicted octanol–water partition coefficient (Wildman–Crippen LogP) is 2.25. The van der Waals surface area contributed by atoms with Gasteiger partial charge in [0.1, 0.15) is 0 Å². The summed E-state index contributed by atoms with van der Waals surface area (Å²) in [4.78, 5) is 0. The maximum atomic E-state index is 3.94. The molecule has 2 rings (SSSR count). The summed E-state index contributed by atoms with van der Waals surface area (Å²) in [6.07, 6.45) is 3.58. The van der Waals surface area contributed by atoms with Crippen molar-refractivity contribution < 1.29 is 0 Å². The van der Waals surface area contributed by atoms with Crippen LogP contribution in [0.2, 0.25) is 0 Å². The zero-order chi connectivity index (χ0) is 13.0. The van der Waals surface area contributed by atoms with Crippen LogP contribution in [0.4, 0.5) is 0 Å². The van der Waals surface area contributed by atoms with Crippen molar-refractivity contribution >= 4 is 0 Å². The minimum absolute atomic E-state index is 0.354. The summed E-state index contributed by atoms with van der Waals surface area (Å²) in [5, 5.41) is 11.2. The third-order valence-corrected chi connectivity index (χ3v) is 3.01. The molecule has 0 radical (unpaired) electrons. The molecule has 1 atom stereocenters. The van der Waals surface area contributed by atoms with E-state index in [2.05, 4.69) is 54.6 Å². The van der Waals surface area contributed by atoms with Crippen molar-refractivity contribution in [3.05, 3.63) is 47.3 Å². The molecule has 1 aromatic carbocycles. The molecule has 0 bridgehead atoms. The molecule has 2 aromatic rings. The first-order valence-electron chi connectivity index (χ1n) is 6.31. The number of aryl methyl sites for hydroxylation is 2. The number of aromatic nitrogens is 3. The van der Waals surface area contributed by atoms with E-state index < -0.39 is 0 Å². The van der Waals surface area contributed by atoms with Crippen LogP contribution in [0.1, 0.15) is 29.7 Å². The van der Waals surface area contributed by atoms with Crippen LogP contribution in [0.3, 0.4) is 0 Å². The number of nitrogens with zero attached hydrogens (tertiary/aromatic N) is 3. The van der Waals surface area contributed by atoms with Crippen molar-refractivity contribution in [1.29, 1.82) is 0 Å². The van der Waals surface area contributed by atoms with Gasteiger partial charge in [0.15, 0.2) is 0 Å². The maximum Gasteiger partial charge on any atom is 0.0692 e. The molecule has 4 nitrogen and oxygen atoms in total. The van der Waals surface area contributed by atoms with E-state index in [1.807, 2.05) is 10.9 Å². The number of benzene rings is 1. The van der Waals surface area contributed by atoms with Gasteiger partial charge in [-0.25, -0.2) is 0 Å². The minimum atomic E-state index is 0.354. The molecule has 0 amide bonds. The summed E-state index contributed by atoms with van der Waals surface area (Å²) < 4.78 is 1.83. The van der Waals surface area contributed by atoms with Gasteiger partial charge in [-0.3, -0.25) is 4.68 Å². The molecule has 1 heterocycles. The second kappa shape index (κ2) is 5.78. The molecule has 0 fully saturated rings. The van der Waals surface area contributed by atoms with Crippen molar-refractivity contribution in [2.75, 3.05) is 6.54 Å². The molecule has 0 saturated heterocycles. The lowest BCUT2D eigenvalue weighted by molar-refractivity contribution is 0.499. The van der Waals surface area contributed by atoms with Crippen LogP contribution in [-0.2, 0) is 6.54 Å². The Hall–Kier alpha value is -1.68. The molecule has 1 unspecified atom stereocenters. The van der Waals surface area contributed by atoms with E-state index in [1.54, 1.807) is 6.20 Å². The van der Waals surface area contributed by atoms with Crippen LogP contribution in [0.15, 0.2) is 30.6 Å². The first-order valence-corrected chi connectivity index (χ1v) is 6.31. The Bertz CT molecular complexity index is 470. The number of nitrogens with one attached hydrogen (secondary N) is 1. The van der Waals surface area contributed by atoms with Gasteiger partial charge in [-0.1, -0.05) is 34.5 Å². The largest absolute Gasteiger partial charge is 0.308 e. The van der Waals surface area contributed by atoms with Gasteiger partial charge < -0.3 is 5.32 Å². The van der Waals surface area contributed by atoms with Gasteiger partial charge in [-0.05, 0) is 26.3 Å². The van der Waals surface area contributed by atoms with Crippen molar-refractivity contribution in [1.82, 2.24) is 20.3 Å². The van der Waals surface area contributed by atoms with E-state index in [-0.39, 0.29) is 0 Å². The highest BCUT2D eigenvalue weighted by Crippen LogP contribution is 2.16. The van der Waals surface area contributed by atoms with Gasteiger partial charge in [0, 0.05) is 18.8 Å². The second-order valence-corrected chi connectivity index (χ2v) is 4.76. The molecule has 0 spiro atoms. The van der Waals surface area contributed by atoms with Gasteiger partial charge >= 0.3 is 0 Å². The third-order valence-electron chi connectivity index (χ3n) is 3.01. The van der Waals surface area contributed by atoms with Crippen molar-refractivity contribution in [3.8, 4) is 0 Å². The maximum absolute atomic E-state index is 3.94.